The van der Waals surface area contributed by atoms with E-state index in [1.54, 1.807) is 12.1 Å². The fourth-order valence-corrected chi connectivity index (χ4v) is 2.68. The fraction of sp³-hybridized carbons (Fsp3) is 0.462. The minimum absolute atomic E-state index is 0.120. The Bertz CT molecular complexity index is 462. The van der Waals surface area contributed by atoms with Crippen LogP contribution in [-0.4, -0.2) is 23.3 Å². The van der Waals surface area contributed by atoms with Crippen molar-refractivity contribution in [2.45, 2.75) is 37.8 Å². The number of hydrogen-bond acceptors (Lipinski definition) is 2. The number of carbonyl (C=O) groups is 1. The topological polar surface area (TPSA) is 61.4 Å². The average Bonchev–Trinajstić information content (AvgIpc) is 2.37. The van der Waals surface area contributed by atoms with Crippen LogP contribution in [0.1, 0.15) is 25.7 Å². The second-order valence-corrected chi connectivity index (χ2v) is 6.05. The number of nitrogens with one attached hydrogen (secondary N) is 2. The van der Waals surface area contributed by atoms with Gasteiger partial charge in [0.2, 0.25) is 0 Å². The van der Waals surface area contributed by atoms with Crippen molar-refractivity contribution >= 4 is 39.2 Å². The van der Waals surface area contributed by atoms with Gasteiger partial charge in [0.25, 0.3) is 0 Å². The molecule has 1 fully saturated rings. The third-order valence-electron chi connectivity index (χ3n) is 3.21. The first-order valence-corrected chi connectivity index (χ1v) is 7.42. The standard InChI is InChI=1S/C13H16BrClN2O2/c14-8-1-6-11(15)12(7-8)17-13(19)16-9-2-4-10(18)5-3-9/h1,6-7,9-10,18H,2-5H2,(H2,16,17,19). The number of halogens is 2. The summed E-state index contributed by atoms with van der Waals surface area (Å²) in [6.07, 6.45) is 2.87. The highest BCUT2D eigenvalue weighted by molar-refractivity contribution is 9.10. The zero-order chi connectivity index (χ0) is 13.8. The molecule has 0 spiro atoms. The van der Waals surface area contributed by atoms with Gasteiger partial charge in [-0.2, -0.15) is 0 Å². The van der Waals surface area contributed by atoms with Crippen molar-refractivity contribution in [2.75, 3.05) is 5.32 Å². The van der Waals surface area contributed by atoms with Gasteiger partial charge in [-0.05, 0) is 43.9 Å². The summed E-state index contributed by atoms with van der Waals surface area (Å²) < 4.78 is 0.855. The summed E-state index contributed by atoms with van der Waals surface area (Å²) in [6, 6.07) is 5.15. The van der Waals surface area contributed by atoms with Crippen LogP contribution in [0.2, 0.25) is 5.02 Å². The molecule has 104 valence electrons. The molecule has 1 aliphatic rings. The van der Waals surface area contributed by atoms with Gasteiger partial charge in [0.1, 0.15) is 0 Å². The molecule has 0 unspecified atom stereocenters. The van der Waals surface area contributed by atoms with Gasteiger partial charge in [0.05, 0.1) is 16.8 Å². The van der Waals surface area contributed by atoms with E-state index in [0.717, 1.165) is 30.2 Å². The monoisotopic (exact) mass is 346 g/mol. The van der Waals surface area contributed by atoms with Gasteiger partial charge in [-0.1, -0.05) is 27.5 Å². The van der Waals surface area contributed by atoms with E-state index in [1.165, 1.54) is 0 Å². The van der Waals surface area contributed by atoms with Crippen LogP contribution >= 0.6 is 27.5 Å². The Hall–Kier alpha value is -0.780. The molecule has 6 heteroatoms. The summed E-state index contributed by atoms with van der Waals surface area (Å²) in [7, 11) is 0. The first-order chi connectivity index (χ1) is 9.04. The smallest absolute Gasteiger partial charge is 0.319 e. The number of carbonyl (C=O) groups excluding carboxylic acids is 1. The van der Waals surface area contributed by atoms with Crippen molar-refractivity contribution in [1.29, 1.82) is 0 Å². The van der Waals surface area contributed by atoms with E-state index < -0.39 is 0 Å². The van der Waals surface area contributed by atoms with Crippen LogP contribution in [0.15, 0.2) is 22.7 Å². The number of anilines is 1. The molecular formula is C13H16BrClN2O2. The van der Waals surface area contributed by atoms with Crippen molar-refractivity contribution < 1.29 is 9.90 Å². The zero-order valence-electron chi connectivity index (χ0n) is 10.3. The van der Waals surface area contributed by atoms with Crippen LogP contribution in [-0.2, 0) is 0 Å². The van der Waals surface area contributed by atoms with E-state index in [4.69, 9.17) is 11.6 Å². The molecule has 0 bridgehead atoms. The molecule has 1 aliphatic carbocycles. The van der Waals surface area contributed by atoms with Gasteiger partial charge >= 0.3 is 6.03 Å². The molecule has 2 amide bonds. The largest absolute Gasteiger partial charge is 0.393 e. The molecule has 0 heterocycles. The summed E-state index contributed by atoms with van der Waals surface area (Å²) in [6.45, 7) is 0. The predicted octanol–water partition coefficient (Wildman–Crippen LogP) is 3.53. The summed E-state index contributed by atoms with van der Waals surface area (Å²) in [5.41, 5.74) is 0.574. The maximum Gasteiger partial charge on any atom is 0.319 e. The molecular weight excluding hydrogens is 332 g/mol. The molecule has 19 heavy (non-hydrogen) atoms. The first-order valence-electron chi connectivity index (χ1n) is 6.25. The number of rotatable bonds is 2. The quantitative estimate of drug-likeness (QED) is 0.766. The van der Waals surface area contributed by atoms with E-state index in [2.05, 4.69) is 26.6 Å². The Morgan fingerprint density at radius 3 is 2.68 bits per heavy atom. The molecule has 3 N–H and O–H groups in total. The lowest BCUT2D eigenvalue weighted by atomic mass is 9.93. The number of hydrogen-bond donors (Lipinski definition) is 3. The number of benzene rings is 1. The van der Waals surface area contributed by atoms with Crippen LogP contribution in [0.25, 0.3) is 0 Å². The second kappa shape index (κ2) is 6.59. The third-order valence-corrected chi connectivity index (χ3v) is 4.03. The van der Waals surface area contributed by atoms with Gasteiger partial charge in [0.15, 0.2) is 0 Å². The lowest BCUT2D eigenvalue weighted by Crippen LogP contribution is -2.40. The number of amides is 2. The van der Waals surface area contributed by atoms with Crippen molar-refractivity contribution in [3.05, 3.63) is 27.7 Å². The normalized spacial score (nSPS) is 22.9. The van der Waals surface area contributed by atoms with E-state index in [0.29, 0.717) is 10.7 Å². The van der Waals surface area contributed by atoms with Gasteiger partial charge < -0.3 is 15.7 Å². The molecule has 0 aliphatic heterocycles. The fourth-order valence-electron chi connectivity index (χ4n) is 2.16. The van der Waals surface area contributed by atoms with Gasteiger partial charge in [-0.3, -0.25) is 0 Å². The van der Waals surface area contributed by atoms with Crippen molar-refractivity contribution in [3.63, 3.8) is 0 Å². The Morgan fingerprint density at radius 1 is 1.32 bits per heavy atom. The molecule has 1 aromatic rings. The summed E-state index contributed by atoms with van der Waals surface area (Å²) in [5.74, 6) is 0. The molecule has 0 saturated heterocycles. The molecule has 4 nitrogen and oxygen atoms in total. The minimum atomic E-state index is -0.263. The highest BCUT2D eigenvalue weighted by Crippen LogP contribution is 2.25. The van der Waals surface area contributed by atoms with Gasteiger partial charge in [-0.15, -0.1) is 0 Å². The van der Waals surface area contributed by atoms with Crippen molar-refractivity contribution in [3.8, 4) is 0 Å². The van der Waals surface area contributed by atoms with Crippen molar-refractivity contribution in [1.82, 2.24) is 5.32 Å². The molecule has 0 aromatic heterocycles. The van der Waals surface area contributed by atoms with Crippen molar-refractivity contribution in [2.24, 2.45) is 0 Å². The van der Waals surface area contributed by atoms with E-state index in [-0.39, 0.29) is 18.2 Å². The Kier molecular flexibility index (Phi) is 5.07. The zero-order valence-corrected chi connectivity index (χ0v) is 12.7. The highest BCUT2D eigenvalue weighted by atomic mass is 79.9. The van der Waals surface area contributed by atoms with Crippen LogP contribution in [0.5, 0.6) is 0 Å². The Labute approximate surface area is 125 Å². The Balaban J connectivity index is 1.89. The molecule has 0 radical (unpaired) electrons. The SMILES string of the molecule is O=C(Nc1cc(Br)ccc1Cl)NC1CCC(O)CC1. The number of aliphatic hydroxyl groups is 1. The second-order valence-electron chi connectivity index (χ2n) is 4.73. The predicted molar refractivity (Wildman–Crippen MR) is 79.6 cm³/mol. The maximum atomic E-state index is 11.9. The van der Waals surface area contributed by atoms with E-state index in [1.807, 2.05) is 6.07 Å². The van der Waals surface area contributed by atoms with E-state index in [9.17, 15) is 9.90 Å². The Morgan fingerprint density at radius 2 is 2.00 bits per heavy atom. The highest BCUT2D eigenvalue weighted by Gasteiger charge is 2.20. The minimum Gasteiger partial charge on any atom is -0.393 e. The molecule has 0 atom stereocenters. The van der Waals surface area contributed by atoms with Gasteiger partial charge in [0, 0.05) is 10.5 Å². The molecule has 2 rings (SSSR count). The molecule has 1 saturated carbocycles. The number of urea groups is 1. The third kappa shape index (κ3) is 4.37. The lowest BCUT2D eigenvalue weighted by Gasteiger charge is -2.26. The van der Waals surface area contributed by atoms with Crippen LogP contribution < -0.4 is 10.6 Å². The summed E-state index contributed by atoms with van der Waals surface area (Å²) in [4.78, 5) is 11.9. The van der Waals surface area contributed by atoms with Gasteiger partial charge in [-0.25, -0.2) is 4.79 Å². The van der Waals surface area contributed by atoms with Crippen LogP contribution in [0.3, 0.4) is 0 Å². The lowest BCUT2D eigenvalue weighted by molar-refractivity contribution is 0.118. The van der Waals surface area contributed by atoms with Crippen LogP contribution in [0, 0.1) is 0 Å². The summed E-state index contributed by atoms with van der Waals surface area (Å²) >= 11 is 9.34. The first kappa shape index (κ1) is 14.6. The maximum absolute atomic E-state index is 11.9. The molecule has 1 aromatic carbocycles. The average molecular weight is 348 g/mol. The number of aliphatic hydroxyl groups excluding tert-OH is 1. The summed E-state index contributed by atoms with van der Waals surface area (Å²) in [5, 5.41) is 15.5. The van der Waals surface area contributed by atoms with Crippen LogP contribution in [0.4, 0.5) is 10.5 Å². The van der Waals surface area contributed by atoms with E-state index >= 15 is 0 Å².